The minimum atomic E-state index is -0.715. The van der Waals surface area contributed by atoms with Gasteiger partial charge in [-0.15, -0.1) is 0 Å². The maximum atomic E-state index is 13.2. The zero-order valence-electron chi connectivity index (χ0n) is 18.3. The van der Waals surface area contributed by atoms with Crippen LogP contribution >= 0.6 is 11.6 Å². The summed E-state index contributed by atoms with van der Waals surface area (Å²) < 4.78 is 0. The van der Waals surface area contributed by atoms with Crippen LogP contribution in [0.2, 0.25) is 5.02 Å². The van der Waals surface area contributed by atoms with Crippen LogP contribution in [0.1, 0.15) is 20.7 Å². The van der Waals surface area contributed by atoms with Gasteiger partial charge in [0.15, 0.2) is 0 Å². The van der Waals surface area contributed by atoms with E-state index in [0.29, 0.717) is 40.9 Å². The van der Waals surface area contributed by atoms with Crippen LogP contribution in [0, 0.1) is 0 Å². The van der Waals surface area contributed by atoms with E-state index in [1.165, 1.54) is 23.5 Å². The van der Waals surface area contributed by atoms with Gasteiger partial charge in [-0.3, -0.25) is 24.2 Å². The second-order valence-electron chi connectivity index (χ2n) is 7.98. The number of nitrogens with one attached hydrogen (secondary N) is 2. The van der Waals surface area contributed by atoms with E-state index < -0.39 is 11.7 Å². The van der Waals surface area contributed by atoms with Crippen molar-refractivity contribution >= 4 is 40.1 Å². The molecule has 0 spiro atoms. The maximum Gasteiger partial charge on any atom is 0.295 e. The van der Waals surface area contributed by atoms with Gasteiger partial charge in [0.2, 0.25) is 0 Å². The minimum absolute atomic E-state index is 0.108. The third-order valence-corrected chi connectivity index (χ3v) is 6.18. The fourth-order valence-corrected chi connectivity index (χ4v) is 4.33. The number of hydrogen-bond acceptors (Lipinski definition) is 6. The first-order valence-electron chi connectivity index (χ1n) is 10.8. The second-order valence-corrected chi connectivity index (χ2v) is 8.39. The number of nitrogens with zero attached hydrogens (tertiary/aromatic N) is 4. The number of hydrogen-bond donors (Lipinski definition) is 2. The molecule has 0 aliphatic carbocycles. The Kier molecular flexibility index (Phi) is 5.87. The number of fused-ring (bicyclic) bond motifs is 1. The van der Waals surface area contributed by atoms with E-state index in [9.17, 15) is 19.2 Å². The van der Waals surface area contributed by atoms with Gasteiger partial charge < -0.3 is 19.8 Å². The smallest absolute Gasteiger partial charge is 0.295 e. The van der Waals surface area contributed by atoms with E-state index in [-0.39, 0.29) is 35.1 Å². The first-order chi connectivity index (χ1) is 16.9. The molecule has 176 valence electrons. The van der Waals surface area contributed by atoms with E-state index >= 15 is 0 Å². The first-order valence-corrected chi connectivity index (χ1v) is 11.2. The van der Waals surface area contributed by atoms with E-state index in [4.69, 9.17) is 11.6 Å². The number of aromatic amines is 2. The molecule has 0 atom stereocenters. The van der Waals surface area contributed by atoms with Crippen molar-refractivity contribution in [3.8, 4) is 11.4 Å². The lowest BCUT2D eigenvalue weighted by molar-refractivity contribution is -0.127. The van der Waals surface area contributed by atoms with Gasteiger partial charge in [0, 0.05) is 55.7 Å². The van der Waals surface area contributed by atoms with Crippen molar-refractivity contribution in [2.24, 2.45) is 0 Å². The molecule has 5 rings (SSSR count). The highest BCUT2D eigenvalue weighted by atomic mass is 35.5. The average molecular weight is 491 g/mol. The van der Waals surface area contributed by atoms with Crippen LogP contribution in [0.25, 0.3) is 22.3 Å². The van der Waals surface area contributed by atoms with Crippen LogP contribution in [0.4, 0.5) is 0 Å². The Bertz CT molecular complexity index is 1490. The fourth-order valence-electron chi connectivity index (χ4n) is 4.09. The van der Waals surface area contributed by atoms with Crippen molar-refractivity contribution in [1.29, 1.82) is 0 Å². The van der Waals surface area contributed by atoms with Gasteiger partial charge in [0.1, 0.15) is 11.4 Å². The number of aromatic nitrogens is 4. The number of rotatable bonds is 4. The largest absolute Gasteiger partial charge is 0.359 e. The third kappa shape index (κ3) is 4.19. The van der Waals surface area contributed by atoms with Gasteiger partial charge >= 0.3 is 0 Å². The van der Waals surface area contributed by atoms with Crippen LogP contribution in [0.5, 0.6) is 0 Å². The highest BCUT2D eigenvalue weighted by Gasteiger charge is 2.31. The Morgan fingerprint density at radius 3 is 2.29 bits per heavy atom. The van der Waals surface area contributed by atoms with Crippen molar-refractivity contribution in [1.82, 2.24) is 29.7 Å². The van der Waals surface area contributed by atoms with Crippen molar-refractivity contribution in [2.45, 2.75) is 0 Å². The quantitative estimate of drug-likeness (QED) is 0.332. The van der Waals surface area contributed by atoms with Crippen molar-refractivity contribution < 1.29 is 14.4 Å². The normalized spacial score (nSPS) is 13.7. The van der Waals surface area contributed by atoms with Gasteiger partial charge in [0.05, 0.1) is 22.3 Å². The molecule has 0 saturated carbocycles. The fraction of sp³-hybridized carbons (Fsp3) is 0.167. The summed E-state index contributed by atoms with van der Waals surface area (Å²) in [5.74, 6) is -1.50. The zero-order valence-corrected chi connectivity index (χ0v) is 19.1. The second kappa shape index (κ2) is 9.15. The highest BCUT2D eigenvalue weighted by molar-refractivity contribution is 6.47. The first kappa shape index (κ1) is 22.5. The standard InChI is InChI=1S/C24H19ClN6O4/c25-16-11-29-20(17-12-27-18(32)13-26-17)21-19(16)15(10-28-21)22(33)24(35)31-8-6-30(7-9-31)23(34)14-4-2-1-3-5-14/h1-5,10-13,28H,6-9H2,(H,27,32). The molecule has 2 N–H and O–H groups in total. The zero-order chi connectivity index (χ0) is 24.5. The van der Waals surface area contributed by atoms with Gasteiger partial charge in [-0.25, -0.2) is 4.98 Å². The summed E-state index contributed by atoms with van der Waals surface area (Å²) >= 11 is 6.35. The molecule has 4 aromatic rings. The molecule has 4 heterocycles. The Morgan fingerprint density at radius 1 is 0.886 bits per heavy atom. The number of pyridine rings is 1. The number of ketones is 1. The Morgan fingerprint density at radius 2 is 1.60 bits per heavy atom. The number of benzene rings is 1. The molecular formula is C24H19ClN6O4. The van der Waals surface area contributed by atoms with Crippen LogP contribution in [0.15, 0.2) is 59.9 Å². The monoisotopic (exact) mass is 490 g/mol. The maximum absolute atomic E-state index is 13.2. The summed E-state index contributed by atoms with van der Waals surface area (Å²) in [4.78, 5) is 67.2. The molecule has 1 aliphatic rings. The lowest BCUT2D eigenvalue weighted by Gasteiger charge is -2.34. The van der Waals surface area contributed by atoms with E-state index in [1.54, 1.807) is 29.2 Å². The molecule has 2 amide bonds. The lowest BCUT2D eigenvalue weighted by atomic mass is 10.1. The van der Waals surface area contributed by atoms with Gasteiger partial charge in [-0.2, -0.15) is 0 Å². The van der Waals surface area contributed by atoms with Gasteiger partial charge in [-0.1, -0.05) is 29.8 Å². The number of carbonyl (C=O) groups is 3. The van der Waals surface area contributed by atoms with Crippen LogP contribution in [0.3, 0.4) is 0 Å². The summed E-state index contributed by atoms with van der Waals surface area (Å²) in [6, 6.07) is 8.93. The van der Waals surface area contributed by atoms with E-state index in [2.05, 4.69) is 19.9 Å². The topological polar surface area (TPSA) is 132 Å². The SMILES string of the molecule is O=C(C(=O)N1CCN(C(=O)c2ccccc2)CC1)c1c[nH]c2c(-c3c[nH]c(=O)cn3)ncc(Cl)c12. The van der Waals surface area contributed by atoms with Crippen molar-refractivity contribution in [2.75, 3.05) is 26.2 Å². The summed E-state index contributed by atoms with van der Waals surface area (Å²) in [6.45, 7) is 1.14. The molecule has 1 fully saturated rings. The predicted molar refractivity (Wildman–Crippen MR) is 128 cm³/mol. The van der Waals surface area contributed by atoms with Crippen LogP contribution in [-0.4, -0.2) is 73.5 Å². The number of piperazine rings is 1. The average Bonchev–Trinajstić information content (AvgIpc) is 3.35. The van der Waals surface area contributed by atoms with Gasteiger partial charge in [-0.05, 0) is 12.1 Å². The lowest BCUT2D eigenvalue weighted by Crippen LogP contribution is -2.52. The molecule has 0 bridgehead atoms. The van der Waals surface area contributed by atoms with E-state index in [0.717, 1.165) is 6.20 Å². The van der Waals surface area contributed by atoms with Crippen molar-refractivity contribution in [3.63, 3.8) is 0 Å². The van der Waals surface area contributed by atoms with Gasteiger partial charge in [0.25, 0.3) is 23.2 Å². The molecule has 0 unspecified atom stereocenters. The molecule has 35 heavy (non-hydrogen) atoms. The Balaban J connectivity index is 1.36. The van der Waals surface area contributed by atoms with E-state index in [1.807, 2.05) is 6.07 Å². The molecule has 1 aromatic carbocycles. The summed E-state index contributed by atoms with van der Waals surface area (Å²) in [5, 5.41) is 0.546. The molecule has 10 nitrogen and oxygen atoms in total. The summed E-state index contributed by atoms with van der Waals surface area (Å²) in [6.07, 6.45) is 5.32. The Labute approximate surface area is 203 Å². The third-order valence-electron chi connectivity index (χ3n) is 5.89. The Hall–Kier alpha value is -4.31. The summed E-state index contributed by atoms with van der Waals surface area (Å²) in [5.41, 5.74) is 1.51. The van der Waals surface area contributed by atoms with Crippen LogP contribution < -0.4 is 5.56 Å². The number of H-pyrrole nitrogens is 2. The minimum Gasteiger partial charge on any atom is -0.359 e. The molecule has 3 aromatic heterocycles. The van der Waals surface area contributed by atoms with Crippen LogP contribution in [-0.2, 0) is 4.79 Å². The number of halogens is 1. The molecule has 0 radical (unpaired) electrons. The molecule has 1 aliphatic heterocycles. The summed E-state index contributed by atoms with van der Waals surface area (Å²) in [7, 11) is 0. The molecular weight excluding hydrogens is 472 g/mol. The molecule has 1 saturated heterocycles. The molecule has 11 heteroatoms. The number of carbonyl (C=O) groups excluding carboxylic acids is 3. The number of Topliss-reactive ketones (excluding diaryl/α,β-unsaturated/α-hetero) is 1. The predicted octanol–water partition coefficient (Wildman–Crippen LogP) is 2.13. The highest BCUT2D eigenvalue weighted by Crippen LogP contribution is 2.32. The number of amides is 2. The van der Waals surface area contributed by atoms with Crippen molar-refractivity contribution in [3.05, 3.63) is 81.6 Å².